The number of amides is 1. The van der Waals surface area contributed by atoms with Crippen molar-refractivity contribution >= 4 is 11.6 Å². The number of hydrogen-bond donors (Lipinski definition) is 1. The van der Waals surface area contributed by atoms with Gasteiger partial charge in [0.1, 0.15) is 5.69 Å². The number of hydrazone groups is 1. The van der Waals surface area contributed by atoms with Gasteiger partial charge in [0.15, 0.2) is 0 Å². The molecule has 0 unspecified atom stereocenters. The topological polar surface area (TPSA) is 54.4 Å². The second-order valence-corrected chi connectivity index (χ2v) is 6.50. The van der Waals surface area contributed by atoms with Crippen LogP contribution in [-0.2, 0) is 0 Å². The summed E-state index contributed by atoms with van der Waals surface area (Å²) in [6.45, 7) is 0. The van der Waals surface area contributed by atoms with Crippen LogP contribution in [0.4, 0.5) is 0 Å². The van der Waals surface area contributed by atoms with E-state index in [1.54, 1.807) is 18.3 Å². The molecule has 1 heterocycles. The predicted octanol–water partition coefficient (Wildman–Crippen LogP) is 2.62. The minimum absolute atomic E-state index is 0.202. The van der Waals surface area contributed by atoms with E-state index in [0.717, 1.165) is 11.8 Å². The lowest BCUT2D eigenvalue weighted by Gasteiger charge is -2.50. The van der Waals surface area contributed by atoms with Gasteiger partial charge in [0.25, 0.3) is 5.91 Å². The average Bonchev–Trinajstić information content (AvgIpc) is 2.46. The van der Waals surface area contributed by atoms with Crippen LogP contribution < -0.4 is 5.43 Å². The normalized spacial score (nSPS) is 34.1. The van der Waals surface area contributed by atoms with Crippen molar-refractivity contribution in [3.05, 3.63) is 30.1 Å². The molecule has 4 fully saturated rings. The zero-order valence-corrected chi connectivity index (χ0v) is 11.5. The van der Waals surface area contributed by atoms with Crippen LogP contribution in [-0.4, -0.2) is 16.6 Å². The van der Waals surface area contributed by atoms with Crippen molar-refractivity contribution in [3.63, 3.8) is 0 Å². The molecule has 4 aliphatic carbocycles. The number of nitrogens with zero attached hydrogens (tertiary/aromatic N) is 2. The molecule has 4 heteroatoms. The zero-order valence-electron chi connectivity index (χ0n) is 11.5. The van der Waals surface area contributed by atoms with Gasteiger partial charge < -0.3 is 0 Å². The second-order valence-electron chi connectivity index (χ2n) is 6.50. The van der Waals surface area contributed by atoms with Crippen molar-refractivity contribution in [1.82, 2.24) is 10.4 Å². The van der Waals surface area contributed by atoms with Crippen molar-refractivity contribution in [2.75, 3.05) is 0 Å². The molecule has 0 saturated heterocycles. The molecule has 0 spiro atoms. The summed E-state index contributed by atoms with van der Waals surface area (Å²) in [5.74, 6) is 2.88. The summed E-state index contributed by atoms with van der Waals surface area (Å²) in [6.07, 6.45) is 8.19. The first-order chi connectivity index (χ1) is 9.79. The van der Waals surface area contributed by atoms with Crippen molar-refractivity contribution in [3.8, 4) is 0 Å². The smallest absolute Gasteiger partial charge is 0.266 e. The fourth-order valence-electron chi connectivity index (χ4n) is 4.52. The van der Waals surface area contributed by atoms with Crippen LogP contribution in [0, 0.1) is 23.7 Å². The van der Waals surface area contributed by atoms with Crippen LogP contribution in [0.1, 0.15) is 42.6 Å². The zero-order chi connectivity index (χ0) is 13.5. The molecule has 5 rings (SSSR count). The molecule has 4 bridgehead atoms. The highest BCUT2D eigenvalue weighted by Crippen LogP contribution is 2.52. The Morgan fingerprint density at radius 1 is 1.10 bits per heavy atom. The van der Waals surface area contributed by atoms with Crippen LogP contribution in [0.25, 0.3) is 0 Å². The summed E-state index contributed by atoms with van der Waals surface area (Å²) in [7, 11) is 0. The van der Waals surface area contributed by atoms with Crippen molar-refractivity contribution in [2.45, 2.75) is 32.1 Å². The van der Waals surface area contributed by atoms with E-state index in [-0.39, 0.29) is 5.91 Å². The molecule has 20 heavy (non-hydrogen) atoms. The van der Waals surface area contributed by atoms with Crippen LogP contribution in [0.3, 0.4) is 0 Å². The molecule has 0 aliphatic heterocycles. The molecule has 4 nitrogen and oxygen atoms in total. The summed E-state index contributed by atoms with van der Waals surface area (Å²) in [5, 5.41) is 4.48. The van der Waals surface area contributed by atoms with Gasteiger partial charge in [-0.25, -0.2) is 5.43 Å². The molecule has 1 aromatic rings. The summed E-state index contributed by atoms with van der Waals surface area (Å²) in [4.78, 5) is 16.1. The number of hydrogen-bond acceptors (Lipinski definition) is 3. The highest BCUT2D eigenvalue weighted by atomic mass is 16.2. The number of carbonyl (C=O) groups is 1. The quantitative estimate of drug-likeness (QED) is 0.839. The van der Waals surface area contributed by atoms with Gasteiger partial charge in [0.05, 0.1) is 0 Å². The molecule has 1 amide bonds. The predicted molar refractivity (Wildman–Crippen MR) is 76.2 cm³/mol. The maximum Gasteiger partial charge on any atom is 0.289 e. The number of aromatic nitrogens is 1. The molecule has 4 aliphatic rings. The minimum atomic E-state index is -0.202. The third kappa shape index (κ3) is 2.03. The van der Waals surface area contributed by atoms with E-state index in [4.69, 9.17) is 0 Å². The fourth-order valence-corrected chi connectivity index (χ4v) is 4.52. The van der Waals surface area contributed by atoms with Crippen LogP contribution in [0.5, 0.6) is 0 Å². The van der Waals surface area contributed by atoms with Crippen LogP contribution in [0.15, 0.2) is 29.5 Å². The van der Waals surface area contributed by atoms with E-state index in [2.05, 4.69) is 15.5 Å². The Morgan fingerprint density at radius 2 is 1.80 bits per heavy atom. The van der Waals surface area contributed by atoms with Gasteiger partial charge in [0, 0.05) is 11.9 Å². The molecule has 1 N–H and O–H groups in total. The first-order valence-corrected chi connectivity index (χ1v) is 7.58. The summed E-state index contributed by atoms with van der Waals surface area (Å²) in [5.41, 5.74) is 4.40. The molecule has 4 saturated carbocycles. The molecule has 1 aromatic heterocycles. The van der Waals surface area contributed by atoms with Gasteiger partial charge in [-0.1, -0.05) is 6.07 Å². The Labute approximate surface area is 118 Å². The fraction of sp³-hybridized carbons (Fsp3) is 0.562. The van der Waals surface area contributed by atoms with Crippen molar-refractivity contribution in [2.24, 2.45) is 28.8 Å². The third-order valence-electron chi connectivity index (χ3n) is 5.16. The average molecular weight is 269 g/mol. The molecule has 0 aromatic carbocycles. The second kappa shape index (κ2) is 4.69. The number of nitrogens with one attached hydrogen (secondary N) is 1. The van der Waals surface area contributed by atoms with E-state index in [9.17, 15) is 4.79 Å². The van der Waals surface area contributed by atoms with Gasteiger partial charge in [0.2, 0.25) is 0 Å². The van der Waals surface area contributed by atoms with Gasteiger partial charge in [-0.05, 0) is 67.9 Å². The summed E-state index contributed by atoms with van der Waals surface area (Å²) in [6, 6.07) is 5.34. The Bertz CT molecular complexity index is 522. The SMILES string of the molecule is O=C(NN=C1C2CC3CC(C2)CC1C3)c1ccccn1. The number of carbonyl (C=O) groups excluding carboxylic acids is 1. The Morgan fingerprint density at radius 3 is 2.40 bits per heavy atom. The van der Waals surface area contributed by atoms with E-state index in [1.807, 2.05) is 6.07 Å². The maximum atomic E-state index is 12.0. The molecular weight excluding hydrogens is 250 g/mol. The van der Waals surface area contributed by atoms with Gasteiger partial charge in [-0.15, -0.1) is 0 Å². The lowest BCUT2D eigenvalue weighted by Crippen LogP contribution is -2.46. The monoisotopic (exact) mass is 269 g/mol. The molecule has 0 atom stereocenters. The van der Waals surface area contributed by atoms with E-state index in [0.29, 0.717) is 17.5 Å². The number of rotatable bonds is 2. The highest BCUT2D eigenvalue weighted by Gasteiger charge is 2.46. The van der Waals surface area contributed by atoms with E-state index < -0.39 is 0 Å². The Hall–Kier alpha value is -1.71. The van der Waals surface area contributed by atoms with Gasteiger partial charge in [-0.3, -0.25) is 9.78 Å². The van der Waals surface area contributed by atoms with Crippen LogP contribution >= 0.6 is 0 Å². The maximum absolute atomic E-state index is 12.0. The van der Waals surface area contributed by atoms with E-state index >= 15 is 0 Å². The first kappa shape index (κ1) is 12.1. The van der Waals surface area contributed by atoms with Crippen molar-refractivity contribution < 1.29 is 4.79 Å². The Kier molecular flexibility index (Phi) is 2.83. The van der Waals surface area contributed by atoms with Gasteiger partial charge in [-0.2, -0.15) is 5.10 Å². The lowest BCUT2D eigenvalue weighted by atomic mass is 9.55. The lowest BCUT2D eigenvalue weighted by molar-refractivity contribution is 0.0938. The van der Waals surface area contributed by atoms with Crippen LogP contribution in [0.2, 0.25) is 0 Å². The standard InChI is InChI=1S/C16H19N3O/c20-16(14-3-1-2-4-17-14)19-18-15-12-6-10-5-11(8-12)9-13(15)7-10/h1-4,10-13H,5-9H2,(H,19,20). The molecule has 104 valence electrons. The third-order valence-corrected chi connectivity index (χ3v) is 5.16. The highest BCUT2D eigenvalue weighted by molar-refractivity contribution is 5.95. The Balaban J connectivity index is 1.49. The van der Waals surface area contributed by atoms with E-state index in [1.165, 1.54) is 37.8 Å². The van der Waals surface area contributed by atoms with Crippen molar-refractivity contribution in [1.29, 1.82) is 0 Å². The molecule has 0 radical (unpaired) electrons. The summed E-state index contributed by atoms with van der Waals surface area (Å²) < 4.78 is 0. The summed E-state index contributed by atoms with van der Waals surface area (Å²) >= 11 is 0. The van der Waals surface area contributed by atoms with Gasteiger partial charge >= 0.3 is 0 Å². The minimum Gasteiger partial charge on any atom is -0.266 e. The molecular formula is C16H19N3O. The first-order valence-electron chi connectivity index (χ1n) is 7.58. The largest absolute Gasteiger partial charge is 0.289 e. The number of pyridine rings is 1.